The van der Waals surface area contributed by atoms with E-state index < -0.39 is 5.82 Å². The molecule has 1 saturated carbocycles. The van der Waals surface area contributed by atoms with Crippen LogP contribution >= 0.6 is 0 Å². The maximum absolute atomic E-state index is 13.9. The number of aromatic amines is 1. The summed E-state index contributed by atoms with van der Waals surface area (Å²) in [7, 11) is 0. The fraction of sp³-hybridized carbons (Fsp3) is 0.286. The van der Waals surface area contributed by atoms with Crippen LogP contribution in [0.25, 0.3) is 11.3 Å². The number of carbonyl (C=O) groups excluding carboxylic acids is 1. The number of hydrogen-bond acceptors (Lipinski definition) is 2. The van der Waals surface area contributed by atoms with Gasteiger partial charge >= 0.3 is 0 Å². The van der Waals surface area contributed by atoms with Crippen LogP contribution in [0.2, 0.25) is 0 Å². The van der Waals surface area contributed by atoms with E-state index in [2.05, 4.69) is 15.3 Å². The third-order valence-corrected chi connectivity index (χ3v) is 3.26. The van der Waals surface area contributed by atoms with E-state index in [1.165, 1.54) is 6.07 Å². The van der Waals surface area contributed by atoms with Crippen molar-refractivity contribution in [3.8, 4) is 11.3 Å². The maximum atomic E-state index is 13.9. The third kappa shape index (κ3) is 2.36. The number of hydrogen-bond donors (Lipinski definition) is 2. The monoisotopic (exact) mass is 259 g/mol. The highest BCUT2D eigenvalue weighted by Gasteiger charge is 2.25. The van der Waals surface area contributed by atoms with E-state index in [0.29, 0.717) is 0 Å². The molecule has 0 radical (unpaired) electrons. The second-order valence-corrected chi connectivity index (χ2v) is 4.86. The Morgan fingerprint density at radius 2 is 2.26 bits per heavy atom. The lowest BCUT2D eigenvalue weighted by Gasteiger charge is -2.09. The van der Waals surface area contributed by atoms with Crippen molar-refractivity contribution >= 4 is 5.91 Å². The molecule has 3 rings (SSSR count). The van der Waals surface area contributed by atoms with E-state index in [1.54, 1.807) is 18.6 Å². The Kier molecular flexibility index (Phi) is 2.81. The van der Waals surface area contributed by atoms with Gasteiger partial charge in [-0.05, 0) is 37.5 Å². The average molecular weight is 259 g/mol. The zero-order valence-corrected chi connectivity index (χ0v) is 10.5. The number of imidazole rings is 1. The lowest BCUT2D eigenvalue weighted by molar-refractivity contribution is 0.0947. The molecule has 1 fully saturated rings. The molecule has 1 heterocycles. The number of nitrogens with zero attached hydrogens (tertiary/aromatic N) is 1. The van der Waals surface area contributed by atoms with Gasteiger partial charge in [-0.15, -0.1) is 0 Å². The predicted octanol–water partition coefficient (Wildman–Crippen LogP) is 2.42. The topological polar surface area (TPSA) is 57.8 Å². The van der Waals surface area contributed by atoms with Crippen molar-refractivity contribution in [2.75, 3.05) is 0 Å². The first-order valence-corrected chi connectivity index (χ1v) is 6.25. The summed E-state index contributed by atoms with van der Waals surface area (Å²) in [4.78, 5) is 18.9. The normalized spacial score (nSPS) is 14.4. The molecule has 0 saturated heterocycles. The second-order valence-electron chi connectivity index (χ2n) is 4.86. The van der Waals surface area contributed by atoms with Crippen molar-refractivity contribution < 1.29 is 9.18 Å². The summed E-state index contributed by atoms with van der Waals surface area (Å²) in [6.45, 7) is 1.81. The summed E-state index contributed by atoms with van der Waals surface area (Å²) in [5.74, 6) is -0.834. The van der Waals surface area contributed by atoms with Crippen molar-refractivity contribution in [3.63, 3.8) is 0 Å². The van der Waals surface area contributed by atoms with Crippen LogP contribution in [0.4, 0.5) is 4.39 Å². The Bertz CT molecular complexity index is 618. The van der Waals surface area contributed by atoms with Crippen LogP contribution in [0.15, 0.2) is 24.7 Å². The van der Waals surface area contributed by atoms with Crippen LogP contribution in [-0.2, 0) is 0 Å². The molecule has 0 bridgehead atoms. The molecule has 5 heteroatoms. The lowest BCUT2D eigenvalue weighted by Crippen LogP contribution is -2.26. The molecule has 2 aromatic rings. The molecular weight excluding hydrogens is 245 g/mol. The molecule has 1 aliphatic rings. The van der Waals surface area contributed by atoms with Gasteiger partial charge in [-0.25, -0.2) is 9.37 Å². The first-order valence-electron chi connectivity index (χ1n) is 6.25. The molecule has 4 nitrogen and oxygen atoms in total. The predicted molar refractivity (Wildman–Crippen MR) is 69.2 cm³/mol. The number of aryl methyl sites for hydroxylation is 1. The zero-order valence-electron chi connectivity index (χ0n) is 10.5. The summed E-state index contributed by atoms with van der Waals surface area (Å²) in [6.07, 6.45) is 5.17. The van der Waals surface area contributed by atoms with Crippen LogP contribution in [0.5, 0.6) is 0 Å². The molecule has 98 valence electrons. The highest BCUT2D eigenvalue weighted by atomic mass is 19.1. The summed E-state index contributed by atoms with van der Waals surface area (Å²) in [5, 5.41) is 2.80. The molecular formula is C14H14FN3O. The quantitative estimate of drug-likeness (QED) is 0.889. The number of nitrogens with one attached hydrogen (secondary N) is 2. The fourth-order valence-electron chi connectivity index (χ4n) is 2.03. The van der Waals surface area contributed by atoms with Crippen LogP contribution in [-0.4, -0.2) is 21.9 Å². The van der Waals surface area contributed by atoms with Gasteiger partial charge in [0, 0.05) is 11.6 Å². The largest absolute Gasteiger partial charge is 0.349 e. The molecule has 1 aromatic heterocycles. The van der Waals surface area contributed by atoms with Gasteiger partial charge in [0.2, 0.25) is 0 Å². The van der Waals surface area contributed by atoms with Gasteiger partial charge < -0.3 is 10.3 Å². The summed E-state index contributed by atoms with van der Waals surface area (Å²) in [6, 6.07) is 3.18. The fourth-order valence-corrected chi connectivity index (χ4v) is 2.03. The Morgan fingerprint density at radius 3 is 2.89 bits per heavy atom. The molecule has 2 N–H and O–H groups in total. The van der Waals surface area contributed by atoms with Gasteiger partial charge in [0.1, 0.15) is 5.82 Å². The molecule has 1 amide bonds. The first-order chi connectivity index (χ1) is 9.15. The first kappa shape index (κ1) is 11.9. The highest BCUT2D eigenvalue weighted by molar-refractivity contribution is 5.96. The Labute approximate surface area is 110 Å². The number of benzene rings is 1. The van der Waals surface area contributed by atoms with Gasteiger partial charge in [-0.3, -0.25) is 4.79 Å². The summed E-state index contributed by atoms with van der Waals surface area (Å²) < 4.78 is 13.9. The van der Waals surface area contributed by atoms with E-state index in [9.17, 15) is 9.18 Å². The van der Waals surface area contributed by atoms with E-state index in [-0.39, 0.29) is 17.5 Å². The number of H-pyrrole nitrogens is 1. The van der Waals surface area contributed by atoms with Gasteiger partial charge in [0.25, 0.3) is 5.91 Å². The molecule has 0 spiro atoms. The minimum absolute atomic E-state index is 0.0853. The standard InChI is InChI=1S/C14H14FN3O/c1-8-4-12(15)11(14(19)18-9-2-3-9)5-10(8)13-6-16-7-17-13/h4-7,9H,2-3H2,1H3,(H,16,17)(H,18,19). The summed E-state index contributed by atoms with van der Waals surface area (Å²) in [5.41, 5.74) is 2.42. The maximum Gasteiger partial charge on any atom is 0.254 e. The van der Waals surface area contributed by atoms with Crippen molar-refractivity contribution in [2.24, 2.45) is 0 Å². The Morgan fingerprint density at radius 1 is 1.47 bits per heavy atom. The molecule has 19 heavy (non-hydrogen) atoms. The third-order valence-electron chi connectivity index (χ3n) is 3.26. The molecule has 1 aromatic carbocycles. The van der Waals surface area contributed by atoms with E-state index in [1.807, 2.05) is 6.92 Å². The van der Waals surface area contributed by atoms with Crippen molar-refractivity contribution in [2.45, 2.75) is 25.8 Å². The Hall–Kier alpha value is -2.17. The van der Waals surface area contributed by atoms with Gasteiger partial charge in [0.15, 0.2) is 0 Å². The van der Waals surface area contributed by atoms with Crippen molar-refractivity contribution in [3.05, 3.63) is 41.6 Å². The molecule has 0 unspecified atom stereocenters. The lowest BCUT2D eigenvalue weighted by atomic mass is 10.0. The Balaban J connectivity index is 1.99. The van der Waals surface area contributed by atoms with E-state index in [4.69, 9.17) is 0 Å². The van der Waals surface area contributed by atoms with Crippen LogP contribution in [0.1, 0.15) is 28.8 Å². The summed E-state index contributed by atoms with van der Waals surface area (Å²) >= 11 is 0. The highest BCUT2D eigenvalue weighted by Crippen LogP contribution is 2.25. The second kappa shape index (κ2) is 4.50. The zero-order chi connectivity index (χ0) is 13.4. The van der Waals surface area contributed by atoms with E-state index >= 15 is 0 Å². The van der Waals surface area contributed by atoms with Crippen LogP contribution in [0, 0.1) is 12.7 Å². The van der Waals surface area contributed by atoms with Gasteiger partial charge in [-0.2, -0.15) is 0 Å². The molecule has 0 aliphatic heterocycles. The van der Waals surface area contributed by atoms with Crippen molar-refractivity contribution in [1.29, 1.82) is 0 Å². The minimum Gasteiger partial charge on any atom is -0.349 e. The number of aromatic nitrogens is 2. The van der Waals surface area contributed by atoms with E-state index in [0.717, 1.165) is 29.7 Å². The number of halogens is 1. The smallest absolute Gasteiger partial charge is 0.254 e. The molecule has 0 atom stereocenters. The SMILES string of the molecule is Cc1cc(F)c(C(=O)NC2CC2)cc1-c1cnc[nH]1. The average Bonchev–Trinajstić information content (AvgIpc) is 3.01. The van der Waals surface area contributed by atoms with Gasteiger partial charge in [0.05, 0.1) is 23.8 Å². The number of amides is 1. The number of rotatable bonds is 3. The molecule has 1 aliphatic carbocycles. The van der Waals surface area contributed by atoms with Crippen LogP contribution < -0.4 is 5.32 Å². The van der Waals surface area contributed by atoms with Crippen LogP contribution in [0.3, 0.4) is 0 Å². The van der Waals surface area contributed by atoms with Gasteiger partial charge in [-0.1, -0.05) is 0 Å². The minimum atomic E-state index is -0.487. The van der Waals surface area contributed by atoms with Crippen molar-refractivity contribution in [1.82, 2.24) is 15.3 Å². The number of carbonyl (C=O) groups is 1.